The standard InChI is InChI=1S/C54H42N3O4P/c55-43-31-34-46(52(40-25-13-4-14-26-40)49(43)37-19-7-1-8-20-37)59-62(58,60-47-35-32-44(56)50(38-21-9-2-10-22-38)53(47)41-27-15-5-16-28-41)61-48-36-33-45(57)51(39-23-11-3-12-24-39)54(48)42-29-17-6-18-30-42/h1-36H,55-57H2. The van der Waals surface area contributed by atoms with Gasteiger partial charge < -0.3 is 30.8 Å². The van der Waals surface area contributed by atoms with Crippen LogP contribution in [0.25, 0.3) is 66.8 Å². The molecule has 302 valence electrons. The molecule has 7 nitrogen and oxygen atoms in total. The minimum Gasteiger partial charge on any atom is -0.398 e. The maximum atomic E-state index is 16.3. The van der Waals surface area contributed by atoms with Gasteiger partial charge in [0.05, 0.1) is 0 Å². The Labute approximate surface area is 361 Å². The average molecular weight is 828 g/mol. The summed E-state index contributed by atoms with van der Waals surface area (Å²) in [7, 11) is -4.83. The Bertz CT molecular complexity index is 2700. The zero-order valence-corrected chi connectivity index (χ0v) is 34.5. The number of nitrogen functional groups attached to an aromatic ring is 3. The molecule has 0 aliphatic rings. The van der Waals surface area contributed by atoms with Crippen molar-refractivity contribution in [1.82, 2.24) is 0 Å². The molecule has 8 heteroatoms. The minimum atomic E-state index is -4.83. The third kappa shape index (κ3) is 8.01. The molecule has 0 bridgehead atoms. The van der Waals surface area contributed by atoms with E-state index < -0.39 is 7.82 Å². The molecule has 0 unspecified atom stereocenters. The minimum absolute atomic E-state index is 0.229. The average Bonchev–Trinajstić information content (AvgIpc) is 3.32. The highest BCUT2D eigenvalue weighted by atomic mass is 31.2. The van der Waals surface area contributed by atoms with Crippen molar-refractivity contribution in [1.29, 1.82) is 0 Å². The summed E-state index contributed by atoms with van der Waals surface area (Å²) in [6, 6.07) is 68.9. The van der Waals surface area contributed by atoms with Crippen LogP contribution in [0.5, 0.6) is 17.2 Å². The van der Waals surface area contributed by atoms with Gasteiger partial charge in [-0.05, 0) is 69.8 Å². The van der Waals surface area contributed by atoms with Crippen molar-refractivity contribution in [2.24, 2.45) is 0 Å². The van der Waals surface area contributed by atoms with Crippen LogP contribution in [0.1, 0.15) is 0 Å². The summed E-state index contributed by atoms with van der Waals surface area (Å²) in [6.07, 6.45) is 0. The van der Waals surface area contributed by atoms with Crippen LogP contribution in [-0.4, -0.2) is 0 Å². The van der Waals surface area contributed by atoms with Gasteiger partial charge in [0.2, 0.25) is 0 Å². The molecule has 0 spiro atoms. The lowest BCUT2D eigenvalue weighted by atomic mass is 9.92. The molecule has 0 aliphatic carbocycles. The summed E-state index contributed by atoms with van der Waals surface area (Å²) in [6.45, 7) is 0. The highest BCUT2D eigenvalue weighted by Crippen LogP contribution is 2.58. The maximum Gasteiger partial charge on any atom is 0.647 e. The highest BCUT2D eigenvalue weighted by Gasteiger charge is 2.38. The predicted molar refractivity (Wildman–Crippen MR) is 255 cm³/mol. The van der Waals surface area contributed by atoms with Gasteiger partial charge in [0.25, 0.3) is 0 Å². The van der Waals surface area contributed by atoms with Gasteiger partial charge in [0.15, 0.2) is 0 Å². The summed E-state index contributed by atoms with van der Waals surface area (Å²) in [5.41, 5.74) is 30.8. The normalized spacial score (nSPS) is 11.2. The SMILES string of the molecule is Nc1ccc(OP(=O)(Oc2ccc(N)c(-c3ccccc3)c2-c2ccccc2)Oc2ccc(N)c(-c3ccccc3)c2-c2ccccc2)c(-c2ccccc2)c1-c1ccccc1. The zero-order valence-electron chi connectivity index (χ0n) is 33.6. The smallest absolute Gasteiger partial charge is 0.398 e. The third-order valence-corrected chi connectivity index (χ3v) is 11.9. The van der Waals surface area contributed by atoms with Crippen molar-refractivity contribution in [3.8, 4) is 84.0 Å². The van der Waals surface area contributed by atoms with Gasteiger partial charge >= 0.3 is 7.82 Å². The molecular weight excluding hydrogens is 786 g/mol. The van der Waals surface area contributed by atoms with Crippen LogP contribution >= 0.6 is 7.82 Å². The molecule has 0 aromatic heterocycles. The Hall–Kier alpha value is -7.99. The molecule has 0 amide bonds. The van der Waals surface area contributed by atoms with E-state index in [0.29, 0.717) is 50.4 Å². The molecule has 9 rings (SSSR count). The monoisotopic (exact) mass is 827 g/mol. The van der Waals surface area contributed by atoms with Crippen LogP contribution in [0.3, 0.4) is 0 Å². The Morgan fingerprint density at radius 3 is 0.661 bits per heavy atom. The first-order chi connectivity index (χ1) is 30.4. The molecular formula is C54H42N3O4P. The summed E-state index contributed by atoms with van der Waals surface area (Å²) >= 11 is 0. The van der Waals surface area contributed by atoms with Gasteiger partial charge in [-0.3, -0.25) is 0 Å². The van der Waals surface area contributed by atoms with Crippen molar-refractivity contribution >= 4 is 24.9 Å². The lowest BCUT2D eigenvalue weighted by Crippen LogP contribution is -2.11. The van der Waals surface area contributed by atoms with Gasteiger partial charge in [0.1, 0.15) is 17.2 Å². The summed E-state index contributed by atoms with van der Waals surface area (Å²) < 4.78 is 36.8. The molecule has 0 atom stereocenters. The third-order valence-electron chi connectivity index (χ3n) is 10.6. The second kappa shape index (κ2) is 17.3. The van der Waals surface area contributed by atoms with E-state index in [1.54, 1.807) is 36.4 Å². The molecule has 9 aromatic carbocycles. The quantitative estimate of drug-likeness (QED) is 0.0828. The second-order valence-corrected chi connectivity index (χ2v) is 16.1. The van der Waals surface area contributed by atoms with Gasteiger partial charge in [-0.25, -0.2) is 0 Å². The zero-order chi connectivity index (χ0) is 42.5. The first-order valence-electron chi connectivity index (χ1n) is 20.2. The van der Waals surface area contributed by atoms with E-state index in [4.69, 9.17) is 30.8 Å². The summed E-state index contributed by atoms with van der Waals surface area (Å²) in [4.78, 5) is 0. The molecule has 0 saturated heterocycles. The lowest BCUT2D eigenvalue weighted by Gasteiger charge is -2.26. The Morgan fingerprint density at radius 1 is 0.258 bits per heavy atom. The number of hydrogen-bond acceptors (Lipinski definition) is 7. The van der Waals surface area contributed by atoms with Crippen molar-refractivity contribution in [3.63, 3.8) is 0 Å². The van der Waals surface area contributed by atoms with Crippen LogP contribution in [-0.2, 0) is 4.57 Å². The van der Waals surface area contributed by atoms with Crippen LogP contribution in [0, 0.1) is 0 Å². The number of phosphoric ester groups is 1. The van der Waals surface area contributed by atoms with Crippen molar-refractivity contribution in [2.45, 2.75) is 0 Å². The largest absolute Gasteiger partial charge is 0.647 e. The first-order valence-corrected chi connectivity index (χ1v) is 21.6. The molecule has 9 aromatic rings. The van der Waals surface area contributed by atoms with Crippen LogP contribution in [0.4, 0.5) is 17.1 Å². The summed E-state index contributed by atoms with van der Waals surface area (Å²) in [5.74, 6) is 0.688. The number of nitrogens with two attached hydrogens (primary N) is 3. The van der Waals surface area contributed by atoms with E-state index in [1.165, 1.54) is 0 Å². The van der Waals surface area contributed by atoms with Crippen molar-refractivity contribution < 1.29 is 18.1 Å². The van der Waals surface area contributed by atoms with Crippen LogP contribution < -0.4 is 30.8 Å². The van der Waals surface area contributed by atoms with Crippen LogP contribution in [0.15, 0.2) is 218 Å². The summed E-state index contributed by atoms with van der Waals surface area (Å²) in [5, 5.41) is 0. The fraction of sp³-hybridized carbons (Fsp3) is 0. The fourth-order valence-electron chi connectivity index (χ4n) is 7.87. The number of phosphoric acid groups is 1. The van der Waals surface area contributed by atoms with E-state index in [1.807, 2.05) is 182 Å². The molecule has 6 N–H and O–H groups in total. The second-order valence-electron chi connectivity index (χ2n) is 14.6. The molecule has 0 heterocycles. The number of rotatable bonds is 12. The van der Waals surface area contributed by atoms with Crippen molar-refractivity contribution in [3.05, 3.63) is 218 Å². The van der Waals surface area contributed by atoms with E-state index >= 15 is 4.57 Å². The molecule has 62 heavy (non-hydrogen) atoms. The van der Waals surface area contributed by atoms with E-state index in [-0.39, 0.29) is 17.2 Å². The van der Waals surface area contributed by atoms with E-state index in [0.717, 1.165) is 33.4 Å². The fourth-order valence-corrected chi connectivity index (χ4v) is 9.16. The number of anilines is 3. The number of hydrogen-bond donors (Lipinski definition) is 3. The predicted octanol–water partition coefficient (Wildman–Crippen LogP) is 14.1. The van der Waals surface area contributed by atoms with Crippen molar-refractivity contribution in [2.75, 3.05) is 17.2 Å². The van der Waals surface area contributed by atoms with Gasteiger partial charge in [-0.15, -0.1) is 0 Å². The Kier molecular flexibility index (Phi) is 11.0. The highest BCUT2D eigenvalue weighted by molar-refractivity contribution is 7.49. The van der Waals surface area contributed by atoms with E-state index in [9.17, 15) is 0 Å². The van der Waals surface area contributed by atoms with E-state index in [2.05, 4.69) is 0 Å². The van der Waals surface area contributed by atoms with Crippen LogP contribution in [0.2, 0.25) is 0 Å². The molecule has 0 radical (unpaired) electrons. The topological polar surface area (TPSA) is 123 Å². The lowest BCUT2D eigenvalue weighted by molar-refractivity contribution is 0.300. The van der Waals surface area contributed by atoms with Gasteiger partial charge in [0, 0.05) is 50.4 Å². The van der Waals surface area contributed by atoms with Gasteiger partial charge in [-0.1, -0.05) is 182 Å². The Morgan fingerprint density at radius 2 is 0.452 bits per heavy atom. The molecule has 0 aliphatic heterocycles. The maximum absolute atomic E-state index is 16.3. The van der Waals surface area contributed by atoms with Gasteiger partial charge in [-0.2, -0.15) is 4.57 Å². The first kappa shape index (κ1) is 39.5. The number of benzene rings is 9. The molecule has 0 fully saturated rings. The Balaban J connectivity index is 1.30. The molecule has 0 saturated carbocycles.